The van der Waals surface area contributed by atoms with Crippen LogP contribution in [0, 0.1) is 0 Å². The molecule has 9 heteroatoms. The number of Topliss-reactive ketones (excluding diaryl/α,β-unsaturated/α-hetero) is 1. The molecule has 2 heterocycles. The van der Waals surface area contributed by atoms with E-state index < -0.39 is 17.7 Å². The largest absolute Gasteiger partial charge is 0.507 e. The summed E-state index contributed by atoms with van der Waals surface area (Å²) in [7, 11) is 0. The van der Waals surface area contributed by atoms with Gasteiger partial charge in [-0.3, -0.25) is 14.5 Å². The monoisotopic (exact) mass is 566 g/mol. The van der Waals surface area contributed by atoms with E-state index in [1.54, 1.807) is 29.2 Å². The first-order chi connectivity index (χ1) is 20.0. The van der Waals surface area contributed by atoms with E-state index in [1.807, 2.05) is 32.0 Å². The predicted octanol–water partition coefficient (Wildman–Crippen LogP) is 4.81. The van der Waals surface area contributed by atoms with Crippen LogP contribution in [0.3, 0.4) is 0 Å². The van der Waals surface area contributed by atoms with E-state index in [4.69, 9.17) is 18.9 Å². The molecule has 1 amide bonds. The maximum absolute atomic E-state index is 13.5. The van der Waals surface area contributed by atoms with Crippen molar-refractivity contribution in [1.29, 1.82) is 0 Å². The zero-order valence-electron chi connectivity index (χ0n) is 24.4. The molecule has 0 aromatic heterocycles. The molecular formula is C32H42N2O7. The van der Waals surface area contributed by atoms with Gasteiger partial charge in [-0.05, 0) is 61.7 Å². The average Bonchev–Trinajstić information content (AvgIpc) is 3.25. The lowest BCUT2D eigenvalue weighted by Crippen LogP contribution is -2.42. The summed E-state index contributed by atoms with van der Waals surface area (Å²) in [6.07, 6.45) is 2.80. The number of aliphatic hydroxyl groups is 1. The molecule has 0 spiro atoms. The summed E-state index contributed by atoms with van der Waals surface area (Å²) in [5.41, 5.74) is 1.16. The van der Waals surface area contributed by atoms with Crippen LogP contribution >= 0.6 is 0 Å². The van der Waals surface area contributed by atoms with E-state index in [0.717, 1.165) is 32.4 Å². The Bertz CT molecular complexity index is 1210. The summed E-state index contributed by atoms with van der Waals surface area (Å²) in [6.45, 7) is 11.3. The van der Waals surface area contributed by atoms with Crippen molar-refractivity contribution in [3.05, 3.63) is 59.2 Å². The lowest BCUT2D eigenvalue weighted by molar-refractivity contribution is -0.140. The fraction of sp³-hybridized carbons (Fsp3) is 0.500. The minimum atomic E-state index is -0.782. The number of carbonyl (C=O) groups is 2. The Kier molecular flexibility index (Phi) is 11.0. The molecule has 1 atom stereocenters. The van der Waals surface area contributed by atoms with Crippen LogP contribution in [0.25, 0.3) is 5.76 Å². The maximum atomic E-state index is 13.5. The molecule has 2 aromatic rings. The molecular weight excluding hydrogens is 524 g/mol. The van der Waals surface area contributed by atoms with Gasteiger partial charge in [-0.1, -0.05) is 26.3 Å². The molecule has 0 radical (unpaired) electrons. The Morgan fingerprint density at radius 2 is 1.66 bits per heavy atom. The van der Waals surface area contributed by atoms with Crippen LogP contribution < -0.4 is 14.2 Å². The molecule has 2 aromatic carbocycles. The quantitative estimate of drug-likeness (QED) is 0.151. The summed E-state index contributed by atoms with van der Waals surface area (Å²) in [4.78, 5) is 30.7. The Morgan fingerprint density at radius 1 is 0.902 bits per heavy atom. The molecule has 0 aliphatic carbocycles. The number of ether oxygens (including phenoxy) is 4. The number of likely N-dealkylation sites (tertiary alicyclic amines) is 1. The van der Waals surface area contributed by atoms with Gasteiger partial charge in [0.15, 0.2) is 11.5 Å². The highest BCUT2D eigenvalue weighted by atomic mass is 16.5. The Balaban J connectivity index is 1.73. The number of carbonyl (C=O) groups excluding carboxylic acids is 2. The number of morpholine rings is 1. The topological polar surface area (TPSA) is 97.8 Å². The maximum Gasteiger partial charge on any atom is 0.295 e. The summed E-state index contributed by atoms with van der Waals surface area (Å²) in [6, 6.07) is 11.6. The Hall–Kier alpha value is -3.56. The van der Waals surface area contributed by atoms with Crippen molar-refractivity contribution in [3.63, 3.8) is 0 Å². The molecule has 2 fully saturated rings. The van der Waals surface area contributed by atoms with Crippen molar-refractivity contribution in [2.24, 2.45) is 0 Å². The number of hydrogen-bond donors (Lipinski definition) is 1. The third-order valence-electron chi connectivity index (χ3n) is 7.24. The number of rotatable bonds is 14. The second-order valence-electron chi connectivity index (χ2n) is 10.2. The van der Waals surface area contributed by atoms with Crippen molar-refractivity contribution >= 4 is 17.4 Å². The normalized spacial score (nSPS) is 19.0. The van der Waals surface area contributed by atoms with Gasteiger partial charge in [0.05, 0.1) is 44.6 Å². The minimum Gasteiger partial charge on any atom is -0.507 e. The third kappa shape index (κ3) is 7.40. The highest BCUT2D eigenvalue weighted by Gasteiger charge is 2.46. The fourth-order valence-corrected chi connectivity index (χ4v) is 5.02. The van der Waals surface area contributed by atoms with Crippen molar-refractivity contribution in [2.75, 3.05) is 59.2 Å². The minimum absolute atomic E-state index is 0.0568. The van der Waals surface area contributed by atoms with E-state index in [0.29, 0.717) is 74.5 Å². The molecule has 0 bridgehead atoms. The van der Waals surface area contributed by atoms with E-state index in [-0.39, 0.29) is 11.3 Å². The molecule has 9 nitrogen and oxygen atoms in total. The number of aliphatic hydroxyl groups excluding tert-OH is 1. The van der Waals surface area contributed by atoms with Crippen molar-refractivity contribution in [3.8, 4) is 17.2 Å². The molecule has 2 saturated heterocycles. The zero-order valence-corrected chi connectivity index (χ0v) is 24.4. The van der Waals surface area contributed by atoms with Crippen LogP contribution in [0.4, 0.5) is 0 Å². The summed E-state index contributed by atoms with van der Waals surface area (Å²) >= 11 is 0. The first-order valence-corrected chi connectivity index (χ1v) is 14.7. The SMILES string of the molecule is CCCCOc1ccc(C2/C(=C(\O)c3ccc(OCCC)cc3)C(=O)C(=O)N2CCN2CCOCC2)cc1OCC. The number of benzene rings is 2. The second-order valence-corrected chi connectivity index (χ2v) is 10.2. The average molecular weight is 567 g/mol. The van der Waals surface area contributed by atoms with Crippen LogP contribution in [-0.4, -0.2) is 85.8 Å². The van der Waals surface area contributed by atoms with E-state index >= 15 is 0 Å². The number of unbranched alkanes of at least 4 members (excludes halogenated alkanes) is 1. The standard InChI is InChI=1S/C32H42N2O7/c1-4-7-19-41-26-13-10-24(22-27(26)39-6-3)29-28(30(35)23-8-11-25(12-9-23)40-18-5-2)31(36)32(37)34(29)15-14-33-16-20-38-21-17-33/h8-13,22,29,35H,4-7,14-21H2,1-3H3/b30-28+. The highest BCUT2D eigenvalue weighted by molar-refractivity contribution is 6.46. The van der Waals surface area contributed by atoms with Crippen molar-refractivity contribution < 1.29 is 33.6 Å². The highest BCUT2D eigenvalue weighted by Crippen LogP contribution is 2.42. The van der Waals surface area contributed by atoms with Gasteiger partial charge in [0.1, 0.15) is 11.5 Å². The van der Waals surface area contributed by atoms with Gasteiger partial charge in [-0.25, -0.2) is 0 Å². The van der Waals surface area contributed by atoms with Gasteiger partial charge in [0.25, 0.3) is 11.7 Å². The molecule has 1 N–H and O–H groups in total. The van der Waals surface area contributed by atoms with Crippen LogP contribution in [0.2, 0.25) is 0 Å². The van der Waals surface area contributed by atoms with Crippen LogP contribution in [-0.2, 0) is 14.3 Å². The molecule has 41 heavy (non-hydrogen) atoms. The first-order valence-electron chi connectivity index (χ1n) is 14.7. The number of amides is 1. The number of ketones is 1. The van der Waals surface area contributed by atoms with E-state index in [9.17, 15) is 14.7 Å². The molecule has 4 rings (SSSR count). The van der Waals surface area contributed by atoms with Gasteiger partial charge in [0, 0.05) is 31.7 Å². The number of hydrogen-bond acceptors (Lipinski definition) is 8. The van der Waals surface area contributed by atoms with Crippen LogP contribution in [0.15, 0.2) is 48.0 Å². The van der Waals surface area contributed by atoms with Crippen LogP contribution in [0.5, 0.6) is 17.2 Å². The molecule has 2 aliphatic heterocycles. The summed E-state index contributed by atoms with van der Waals surface area (Å²) < 4.78 is 23.0. The second kappa shape index (κ2) is 14.9. The van der Waals surface area contributed by atoms with Gasteiger partial charge in [-0.2, -0.15) is 0 Å². The summed E-state index contributed by atoms with van der Waals surface area (Å²) in [5.74, 6) is 0.265. The third-order valence-corrected chi connectivity index (χ3v) is 7.24. The Labute approximate surface area is 242 Å². The van der Waals surface area contributed by atoms with Crippen molar-refractivity contribution in [2.45, 2.75) is 46.1 Å². The lowest BCUT2D eigenvalue weighted by Gasteiger charge is -2.31. The van der Waals surface area contributed by atoms with Crippen molar-refractivity contribution in [1.82, 2.24) is 9.80 Å². The zero-order chi connectivity index (χ0) is 29.2. The Morgan fingerprint density at radius 3 is 2.34 bits per heavy atom. The summed E-state index contributed by atoms with van der Waals surface area (Å²) in [5, 5.41) is 11.5. The number of nitrogens with zero attached hydrogens (tertiary/aromatic N) is 2. The van der Waals surface area contributed by atoms with E-state index in [2.05, 4.69) is 11.8 Å². The lowest BCUT2D eigenvalue weighted by atomic mass is 9.95. The molecule has 222 valence electrons. The van der Waals surface area contributed by atoms with E-state index in [1.165, 1.54) is 0 Å². The van der Waals surface area contributed by atoms with Gasteiger partial charge < -0.3 is 29.0 Å². The van der Waals surface area contributed by atoms with Crippen LogP contribution in [0.1, 0.15) is 57.2 Å². The van der Waals surface area contributed by atoms with Gasteiger partial charge >= 0.3 is 0 Å². The molecule has 0 saturated carbocycles. The first kappa shape index (κ1) is 30.4. The molecule has 2 aliphatic rings. The predicted molar refractivity (Wildman–Crippen MR) is 157 cm³/mol. The van der Waals surface area contributed by atoms with Gasteiger partial charge in [0.2, 0.25) is 0 Å². The fourth-order valence-electron chi connectivity index (χ4n) is 5.02. The van der Waals surface area contributed by atoms with Gasteiger partial charge in [-0.15, -0.1) is 0 Å². The molecule has 1 unspecified atom stereocenters. The smallest absolute Gasteiger partial charge is 0.295 e.